The molecule has 0 aliphatic carbocycles. The van der Waals surface area contributed by atoms with E-state index in [1.165, 1.54) is 5.69 Å². The predicted octanol–water partition coefficient (Wildman–Crippen LogP) is 2.37. The summed E-state index contributed by atoms with van der Waals surface area (Å²) in [6, 6.07) is 12.3. The average molecular weight is 369 g/mol. The lowest BCUT2D eigenvalue weighted by molar-refractivity contribution is 0.0313. The zero-order valence-corrected chi connectivity index (χ0v) is 15.6. The number of carbonyl (C=O) groups excluding carboxylic acids is 1. The van der Waals surface area contributed by atoms with Crippen molar-refractivity contribution in [3.05, 3.63) is 54.0 Å². The van der Waals surface area contributed by atoms with Crippen LogP contribution >= 0.6 is 0 Å². The summed E-state index contributed by atoms with van der Waals surface area (Å²) in [7, 11) is 0. The highest BCUT2D eigenvalue weighted by atomic mass is 16.5. The maximum Gasteiger partial charge on any atom is 0.254 e. The Kier molecular flexibility index (Phi) is 5.75. The molecule has 27 heavy (non-hydrogen) atoms. The number of rotatable bonds is 6. The first-order valence-electron chi connectivity index (χ1n) is 9.73. The number of anilines is 1. The van der Waals surface area contributed by atoms with Gasteiger partial charge < -0.3 is 19.4 Å². The summed E-state index contributed by atoms with van der Waals surface area (Å²) in [5, 5.41) is 3.07. The number of morpholine rings is 1. The van der Waals surface area contributed by atoms with Crippen LogP contribution in [0, 0.1) is 5.92 Å². The Morgan fingerprint density at radius 3 is 2.78 bits per heavy atom. The minimum absolute atomic E-state index is 0.0508. The summed E-state index contributed by atoms with van der Waals surface area (Å²) in [6.07, 6.45) is 2.67. The third-order valence-electron chi connectivity index (χ3n) is 5.36. The van der Waals surface area contributed by atoms with Crippen LogP contribution in [0.3, 0.4) is 0 Å². The first-order chi connectivity index (χ1) is 13.3. The Labute approximate surface area is 160 Å². The van der Waals surface area contributed by atoms with E-state index in [0.29, 0.717) is 18.0 Å². The molecule has 1 unspecified atom stereocenters. The van der Waals surface area contributed by atoms with Gasteiger partial charge in [-0.25, -0.2) is 0 Å². The summed E-state index contributed by atoms with van der Waals surface area (Å²) in [6.45, 7) is 6.78. The van der Waals surface area contributed by atoms with Gasteiger partial charge in [0.25, 0.3) is 5.91 Å². The second-order valence-corrected chi connectivity index (χ2v) is 7.34. The molecule has 1 amide bonds. The van der Waals surface area contributed by atoms with Crippen LogP contribution in [0.1, 0.15) is 22.5 Å². The standard InChI is InChI=1S/C21H27N3O3/c25-21(18-12-20(27-16-18)15-23-8-10-26-11-9-23)22-13-17-6-7-24(14-17)19-4-2-1-3-5-19/h1-5,12,16-17H,6-11,13-15H2,(H,22,25). The monoisotopic (exact) mass is 369 g/mol. The second-order valence-electron chi connectivity index (χ2n) is 7.34. The number of ether oxygens (including phenoxy) is 1. The predicted molar refractivity (Wildman–Crippen MR) is 104 cm³/mol. The Hall–Kier alpha value is -2.31. The summed E-state index contributed by atoms with van der Waals surface area (Å²) in [5.74, 6) is 1.26. The Morgan fingerprint density at radius 2 is 1.96 bits per heavy atom. The van der Waals surface area contributed by atoms with E-state index in [9.17, 15) is 4.79 Å². The van der Waals surface area contributed by atoms with Crippen LogP contribution in [0.5, 0.6) is 0 Å². The van der Waals surface area contributed by atoms with E-state index in [4.69, 9.17) is 9.15 Å². The topological polar surface area (TPSA) is 58.0 Å². The molecule has 1 aromatic heterocycles. The molecule has 4 rings (SSSR count). The molecule has 3 heterocycles. The van der Waals surface area contributed by atoms with E-state index in [1.54, 1.807) is 6.26 Å². The molecule has 0 spiro atoms. The number of nitrogens with zero attached hydrogens (tertiary/aromatic N) is 2. The minimum atomic E-state index is -0.0508. The number of carbonyl (C=O) groups is 1. The van der Waals surface area contributed by atoms with Crippen molar-refractivity contribution in [2.75, 3.05) is 50.8 Å². The van der Waals surface area contributed by atoms with E-state index >= 15 is 0 Å². The van der Waals surface area contributed by atoms with Crippen molar-refractivity contribution in [2.24, 2.45) is 5.92 Å². The Bertz CT molecular complexity index is 740. The van der Waals surface area contributed by atoms with Crippen LogP contribution in [0.4, 0.5) is 5.69 Å². The molecule has 144 valence electrons. The van der Waals surface area contributed by atoms with Gasteiger partial charge in [-0.15, -0.1) is 0 Å². The lowest BCUT2D eigenvalue weighted by Gasteiger charge is -2.25. The van der Waals surface area contributed by atoms with Gasteiger partial charge in [0.05, 0.1) is 25.3 Å². The summed E-state index contributed by atoms with van der Waals surface area (Å²) in [5.41, 5.74) is 1.87. The second kappa shape index (κ2) is 8.59. The minimum Gasteiger partial charge on any atom is -0.467 e. The number of benzene rings is 1. The van der Waals surface area contributed by atoms with Gasteiger partial charge in [0.15, 0.2) is 0 Å². The van der Waals surface area contributed by atoms with E-state index in [-0.39, 0.29) is 5.91 Å². The zero-order chi connectivity index (χ0) is 18.5. The van der Waals surface area contributed by atoms with Gasteiger partial charge in [-0.3, -0.25) is 9.69 Å². The molecule has 2 aliphatic rings. The number of furan rings is 1. The van der Waals surface area contributed by atoms with E-state index in [1.807, 2.05) is 12.1 Å². The molecule has 0 radical (unpaired) electrons. The fourth-order valence-corrected chi connectivity index (χ4v) is 3.77. The van der Waals surface area contributed by atoms with E-state index in [0.717, 1.165) is 58.1 Å². The molecule has 2 saturated heterocycles. The molecule has 6 nitrogen and oxygen atoms in total. The molecule has 6 heteroatoms. The lowest BCUT2D eigenvalue weighted by Crippen LogP contribution is -2.35. The molecule has 2 aromatic rings. The molecule has 1 N–H and O–H groups in total. The smallest absolute Gasteiger partial charge is 0.254 e. The quantitative estimate of drug-likeness (QED) is 0.847. The molecular formula is C21H27N3O3. The summed E-state index contributed by atoms with van der Waals surface area (Å²) < 4.78 is 10.9. The molecular weight excluding hydrogens is 342 g/mol. The average Bonchev–Trinajstić information content (AvgIpc) is 3.37. The number of hydrogen-bond donors (Lipinski definition) is 1. The summed E-state index contributed by atoms with van der Waals surface area (Å²) in [4.78, 5) is 17.1. The van der Waals surface area contributed by atoms with Crippen molar-refractivity contribution in [3.63, 3.8) is 0 Å². The van der Waals surface area contributed by atoms with Crippen LogP contribution in [0.2, 0.25) is 0 Å². The van der Waals surface area contributed by atoms with Gasteiger partial charge in [0, 0.05) is 38.4 Å². The van der Waals surface area contributed by atoms with Gasteiger partial charge in [-0.1, -0.05) is 18.2 Å². The van der Waals surface area contributed by atoms with Gasteiger partial charge in [-0.05, 0) is 30.5 Å². The number of nitrogens with one attached hydrogen (secondary N) is 1. The third kappa shape index (κ3) is 4.70. The lowest BCUT2D eigenvalue weighted by atomic mass is 10.1. The van der Waals surface area contributed by atoms with Crippen molar-refractivity contribution >= 4 is 11.6 Å². The van der Waals surface area contributed by atoms with Crippen molar-refractivity contribution in [1.29, 1.82) is 0 Å². The largest absolute Gasteiger partial charge is 0.467 e. The van der Waals surface area contributed by atoms with Crippen LogP contribution in [0.15, 0.2) is 47.1 Å². The van der Waals surface area contributed by atoms with E-state index < -0.39 is 0 Å². The van der Waals surface area contributed by atoms with Crippen LogP contribution in [-0.4, -0.2) is 56.7 Å². The van der Waals surface area contributed by atoms with Gasteiger partial charge in [0.2, 0.25) is 0 Å². The molecule has 1 atom stereocenters. The van der Waals surface area contributed by atoms with Crippen molar-refractivity contribution in [3.8, 4) is 0 Å². The third-order valence-corrected chi connectivity index (χ3v) is 5.36. The van der Waals surface area contributed by atoms with E-state index in [2.05, 4.69) is 39.4 Å². The van der Waals surface area contributed by atoms with Crippen LogP contribution < -0.4 is 10.2 Å². The van der Waals surface area contributed by atoms with Crippen LogP contribution in [0.25, 0.3) is 0 Å². The van der Waals surface area contributed by atoms with Crippen molar-refractivity contribution in [2.45, 2.75) is 13.0 Å². The fourth-order valence-electron chi connectivity index (χ4n) is 3.77. The fraction of sp³-hybridized carbons (Fsp3) is 0.476. The number of hydrogen-bond acceptors (Lipinski definition) is 5. The Balaban J connectivity index is 1.24. The van der Waals surface area contributed by atoms with Gasteiger partial charge in [-0.2, -0.15) is 0 Å². The highest BCUT2D eigenvalue weighted by Crippen LogP contribution is 2.23. The highest BCUT2D eigenvalue weighted by Gasteiger charge is 2.23. The molecule has 1 aromatic carbocycles. The Morgan fingerprint density at radius 1 is 1.15 bits per heavy atom. The molecule has 0 saturated carbocycles. The number of para-hydroxylation sites is 1. The first kappa shape index (κ1) is 18.1. The molecule has 0 bridgehead atoms. The maximum atomic E-state index is 12.4. The number of amides is 1. The summed E-state index contributed by atoms with van der Waals surface area (Å²) >= 11 is 0. The van der Waals surface area contributed by atoms with Gasteiger partial charge in [0.1, 0.15) is 12.0 Å². The maximum absolute atomic E-state index is 12.4. The van der Waals surface area contributed by atoms with Crippen molar-refractivity contribution in [1.82, 2.24) is 10.2 Å². The molecule has 2 aliphatic heterocycles. The SMILES string of the molecule is O=C(NCC1CCN(c2ccccc2)C1)c1coc(CN2CCOCC2)c1. The first-order valence-corrected chi connectivity index (χ1v) is 9.73. The normalized spacial score (nSPS) is 20.7. The van der Waals surface area contributed by atoms with Gasteiger partial charge >= 0.3 is 0 Å². The zero-order valence-electron chi connectivity index (χ0n) is 15.6. The van der Waals surface area contributed by atoms with Crippen molar-refractivity contribution < 1.29 is 13.9 Å². The highest BCUT2D eigenvalue weighted by molar-refractivity contribution is 5.93. The molecule has 2 fully saturated rings. The van der Waals surface area contributed by atoms with Crippen LogP contribution in [-0.2, 0) is 11.3 Å².